The van der Waals surface area contributed by atoms with E-state index in [2.05, 4.69) is 4.79 Å². The first kappa shape index (κ1) is 15.5. The third-order valence-electron chi connectivity index (χ3n) is 3.96. The van der Waals surface area contributed by atoms with Crippen LogP contribution in [-0.2, 0) is 14.4 Å². The van der Waals surface area contributed by atoms with E-state index in [1.807, 2.05) is 26.6 Å². The standard InChI is InChI=1S/C12H18N2O4Si/c1-6(19(2,3)4)9-7(12(17)18)5-8(15)10(14-13)11(9)16/h6-7,9,13H,5H2,1-4H3. The van der Waals surface area contributed by atoms with E-state index in [9.17, 15) is 19.5 Å². The van der Waals surface area contributed by atoms with Crippen molar-refractivity contribution in [3.8, 4) is 0 Å². The summed E-state index contributed by atoms with van der Waals surface area (Å²) < 4.78 is 0. The van der Waals surface area contributed by atoms with Crippen LogP contribution in [0.2, 0.25) is 25.2 Å². The quantitative estimate of drug-likeness (QED) is 0.443. The molecule has 7 heteroatoms. The Labute approximate surface area is 112 Å². The first-order chi connectivity index (χ1) is 8.61. The lowest BCUT2D eigenvalue weighted by Gasteiger charge is -2.37. The van der Waals surface area contributed by atoms with Crippen molar-refractivity contribution < 1.29 is 24.3 Å². The van der Waals surface area contributed by atoms with Crippen molar-refractivity contribution in [2.45, 2.75) is 38.5 Å². The Morgan fingerprint density at radius 1 is 1.42 bits per heavy atom. The maximum Gasteiger partial charge on any atom is 0.449 e. The lowest BCUT2D eigenvalue weighted by atomic mass is 9.75. The number of nitrogens with one attached hydrogen (secondary N) is 1. The van der Waals surface area contributed by atoms with E-state index in [4.69, 9.17) is 5.53 Å². The molecule has 1 N–H and O–H groups in total. The minimum atomic E-state index is -1.78. The molecule has 1 saturated carbocycles. The van der Waals surface area contributed by atoms with Gasteiger partial charge in [0, 0.05) is 32.3 Å². The summed E-state index contributed by atoms with van der Waals surface area (Å²) >= 11 is 0. The van der Waals surface area contributed by atoms with Crippen molar-refractivity contribution in [3.63, 3.8) is 0 Å². The number of carbonyl (C=O) groups excluding carboxylic acids is 3. The van der Waals surface area contributed by atoms with Crippen LogP contribution in [-0.4, -0.2) is 36.1 Å². The molecule has 0 amide bonds. The van der Waals surface area contributed by atoms with Gasteiger partial charge in [-0.1, -0.05) is 26.6 Å². The molecule has 3 atom stereocenters. The lowest BCUT2D eigenvalue weighted by Crippen LogP contribution is -2.53. The third kappa shape index (κ3) is 2.88. The normalized spacial score (nSPS) is 26.0. The van der Waals surface area contributed by atoms with Crippen molar-refractivity contribution in [2.24, 2.45) is 11.8 Å². The van der Waals surface area contributed by atoms with Crippen molar-refractivity contribution in [1.29, 1.82) is 5.53 Å². The summed E-state index contributed by atoms with van der Waals surface area (Å²) in [5.74, 6) is -4.57. The van der Waals surface area contributed by atoms with E-state index >= 15 is 0 Å². The van der Waals surface area contributed by atoms with Crippen LogP contribution in [0.1, 0.15) is 13.3 Å². The van der Waals surface area contributed by atoms with E-state index in [-0.39, 0.29) is 12.0 Å². The molecule has 0 heterocycles. The average molecular weight is 282 g/mol. The van der Waals surface area contributed by atoms with Crippen LogP contribution in [0.4, 0.5) is 0 Å². The Morgan fingerprint density at radius 2 is 1.95 bits per heavy atom. The molecule has 1 fully saturated rings. The van der Waals surface area contributed by atoms with Gasteiger partial charge in [-0.15, -0.1) is 0 Å². The summed E-state index contributed by atoms with van der Waals surface area (Å²) in [5.41, 5.74) is 6.36. The smallest absolute Gasteiger partial charge is 0.449 e. The molecule has 0 radical (unpaired) electrons. The van der Waals surface area contributed by atoms with Crippen molar-refractivity contribution in [1.82, 2.24) is 0 Å². The minimum Gasteiger partial charge on any atom is -0.550 e. The molecule has 104 valence electrons. The third-order valence-corrected chi connectivity index (χ3v) is 7.05. The first-order valence-corrected chi connectivity index (χ1v) is 9.71. The van der Waals surface area contributed by atoms with Crippen LogP contribution in [0, 0.1) is 17.4 Å². The van der Waals surface area contributed by atoms with Gasteiger partial charge >= 0.3 is 5.71 Å². The summed E-state index contributed by atoms with van der Waals surface area (Å²) in [5, 5.41) is 11.2. The topological polar surface area (TPSA) is 112 Å². The molecule has 0 spiro atoms. The predicted molar refractivity (Wildman–Crippen MR) is 67.4 cm³/mol. The van der Waals surface area contributed by atoms with Crippen LogP contribution in [0.3, 0.4) is 0 Å². The minimum absolute atomic E-state index is 0.132. The molecule has 0 saturated heterocycles. The van der Waals surface area contributed by atoms with Gasteiger partial charge in [0.05, 0.1) is 10.3 Å². The number of carboxylic acid groups (broad SMARTS) is 1. The second-order valence-corrected chi connectivity index (χ2v) is 11.7. The van der Waals surface area contributed by atoms with Gasteiger partial charge in [-0.25, -0.2) is 0 Å². The van der Waals surface area contributed by atoms with Gasteiger partial charge in [0.25, 0.3) is 11.6 Å². The van der Waals surface area contributed by atoms with Crippen molar-refractivity contribution in [3.05, 3.63) is 0 Å². The molecule has 0 aliphatic heterocycles. The summed E-state index contributed by atoms with van der Waals surface area (Å²) in [6.45, 7) is 7.93. The predicted octanol–water partition coefficient (Wildman–Crippen LogP) is -0.0809. The fraction of sp³-hybridized carbons (Fsp3) is 0.667. The van der Waals surface area contributed by atoms with Crippen LogP contribution in [0.25, 0.3) is 0 Å². The first-order valence-electron chi connectivity index (χ1n) is 6.14. The number of hydrogen-bond donors (Lipinski definition) is 1. The molecule has 0 bridgehead atoms. The van der Waals surface area contributed by atoms with E-state index in [1.54, 1.807) is 0 Å². The van der Waals surface area contributed by atoms with Gasteiger partial charge in [-0.05, 0) is 5.54 Å². The van der Waals surface area contributed by atoms with E-state index in [1.165, 1.54) is 0 Å². The molecule has 3 unspecified atom stereocenters. The number of hydrogen-bond acceptors (Lipinski definition) is 5. The summed E-state index contributed by atoms with van der Waals surface area (Å²) in [6, 6.07) is 0. The molecular formula is C12H18N2O4Si. The average Bonchev–Trinajstić information content (AvgIpc) is 2.26. The highest BCUT2D eigenvalue weighted by Gasteiger charge is 2.52. The highest BCUT2D eigenvalue weighted by atomic mass is 28.3. The fourth-order valence-electron chi connectivity index (χ4n) is 2.36. The zero-order valence-electron chi connectivity index (χ0n) is 11.5. The Morgan fingerprint density at radius 3 is 2.32 bits per heavy atom. The van der Waals surface area contributed by atoms with Gasteiger partial charge in [-0.3, -0.25) is 9.59 Å². The number of aliphatic carboxylic acids is 1. The molecule has 1 aliphatic rings. The van der Waals surface area contributed by atoms with Gasteiger partial charge in [0.1, 0.15) is 0 Å². The second kappa shape index (κ2) is 5.18. The molecular weight excluding hydrogens is 264 g/mol. The monoisotopic (exact) mass is 282 g/mol. The number of carbonyl (C=O) groups is 3. The number of carboxylic acids is 1. The van der Waals surface area contributed by atoms with E-state index < -0.39 is 43.2 Å². The summed E-state index contributed by atoms with van der Waals surface area (Å²) in [6.07, 6.45) is -0.300. The van der Waals surface area contributed by atoms with E-state index in [0.717, 1.165) is 0 Å². The maximum atomic E-state index is 12.2. The van der Waals surface area contributed by atoms with Crippen LogP contribution in [0.15, 0.2) is 0 Å². The Hall–Kier alpha value is -1.59. The number of rotatable bonds is 3. The Balaban J connectivity index is 3.29. The van der Waals surface area contributed by atoms with Gasteiger partial charge in [0.2, 0.25) is 0 Å². The highest BCUT2D eigenvalue weighted by molar-refractivity contribution is 6.78. The van der Waals surface area contributed by atoms with Crippen molar-refractivity contribution >= 4 is 31.3 Å². The second-order valence-electron chi connectivity index (χ2n) is 6.06. The molecule has 0 aromatic rings. The van der Waals surface area contributed by atoms with Gasteiger partial charge in [0.15, 0.2) is 0 Å². The van der Waals surface area contributed by atoms with Crippen LogP contribution < -0.4 is 5.11 Å². The zero-order valence-corrected chi connectivity index (χ0v) is 12.5. The number of Topliss-reactive ketones (excluding diaryl/α,β-unsaturated/α-hetero) is 2. The lowest BCUT2D eigenvalue weighted by molar-refractivity contribution is -0.313. The summed E-state index contributed by atoms with van der Waals surface area (Å²) in [4.78, 5) is 38.0. The van der Waals surface area contributed by atoms with Gasteiger partial charge < -0.3 is 9.90 Å². The van der Waals surface area contributed by atoms with Crippen LogP contribution >= 0.6 is 0 Å². The largest absolute Gasteiger partial charge is 0.550 e. The molecule has 1 rings (SSSR count). The number of nitrogens with zero attached hydrogens (tertiary/aromatic N) is 1. The highest BCUT2D eigenvalue weighted by Crippen LogP contribution is 2.38. The Bertz CT molecular complexity index is 488. The molecule has 0 aromatic heterocycles. The van der Waals surface area contributed by atoms with Gasteiger partial charge in [-0.2, -0.15) is 0 Å². The maximum absolute atomic E-state index is 12.2. The SMILES string of the molecule is CC(C1C(=O)C(=[N+]=N)C(=O)CC1C(=O)[O-])[Si](C)(C)C. The van der Waals surface area contributed by atoms with Crippen LogP contribution in [0.5, 0.6) is 0 Å². The van der Waals surface area contributed by atoms with E-state index in [0.29, 0.717) is 0 Å². The fourth-order valence-corrected chi connectivity index (χ4v) is 3.82. The zero-order chi connectivity index (χ0) is 15.0. The number of ketones is 2. The Kier molecular flexibility index (Phi) is 4.22. The molecule has 0 aromatic carbocycles. The van der Waals surface area contributed by atoms with Crippen molar-refractivity contribution in [2.75, 3.05) is 0 Å². The summed E-state index contributed by atoms with van der Waals surface area (Å²) in [7, 11) is -1.78. The molecule has 6 nitrogen and oxygen atoms in total. The molecule has 19 heavy (non-hydrogen) atoms. The molecule has 1 aliphatic carbocycles.